The third-order valence-electron chi connectivity index (χ3n) is 7.54. The number of amides is 2. The van der Waals surface area contributed by atoms with Crippen molar-refractivity contribution >= 4 is 74.8 Å². The Labute approximate surface area is 322 Å². The molecule has 0 fully saturated rings. The number of benzene rings is 2. The van der Waals surface area contributed by atoms with Gasteiger partial charge in [-0.1, -0.05) is 34.8 Å². The number of aromatic nitrogens is 6. The number of H-pyrrole nitrogens is 2. The maximum absolute atomic E-state index is 12.6. The third-order valence-corrected chi connectivity index (χ3v) is 12.9. The predicted octanol–water partition coefficient (Wildman–Crippen LogP) is 3.99. The average Bonchev–Trinajstić information content (AvgIpc) is 3.94. The summed E-state index contributed by atoms with van der Waals surface area (Å²) >= 11 is 2.13. The van der Waals surface area contributed by atoms with Gasteiger partial charge in [-0.2, -0.15) is 8.42 Å². The van der Waals surface area contributed by atoms with E-state index >= 15 is 0 Å². The fraction of sp³-hybridized carbons (Fsp3) is 0.188. The number of hydrogen-bond donors (Lipinski definition) is 4. The van der Waals surface area contributed by atoms with Crippen molar-refractivity contribution in [3.8, 4) is 43.7 Å². The van der Waals surface area contributed by atoms with Crippen LogP contribution in [0.1, 0.15) is 11.4 Å². The molecule has 2 aromatic carbocycles. The van der Waals surface area contributed by atoms with Crippen LogP contribution in [0, 0.1) is 13.8 Å². The largest absolute Gasteiger partial charge is 0.400 e. The summed E-state index contributed by atoms with van der Waals surface area (Å²) in [4.78, 5) is 49.3. The van der Waals surface area contributed by atoms with Gasteiger partial charge in [-0.3, -0.25) is 20.2 Å². The van der Waals surface area contributed by atoms with Gasteiger partial charge in [0.2, 0.25) is 0 Å². The number of carbonyl (C=O) groups is 2. The normalized spacial score (nSPS) is 12.1. The van der Waals surface area contributed by atoms with Crippen LogP contribution in [0.15, 0.2) is 71.0 Å². The van der Waals surface area contributed by atoms with Crippen molar-refractivity contribution in [1.82, 2.24) is 29.9 Å². The van der Waals surface area contributed by atoms with Crippen molar-refractivity contribution in [2.75, 3.05) is 36.4 Å². The average molecular weight is 847 g/mol. The lowest BCUT2D eigenvalue weighted by Crippen LogP contribution is -2.25. The van der Waals surface area contributed by atoms with E-state index in [2.05, 4.69) is 48.9 Å². The summed E-state index contributed by atoms with van der Waals surface area (Å²) in [5.41, 5.74) is 2.92. The van der Waals surface area contributed by atoms with Gasteiger partial charge in [0.25, 0.3) is 11.8 Å². The summed E-state index contributed by atoms with van der Waals surface area (Å²) in [6.07, 6.45) is 8.30. The molecule has 0 aliphatic carbocycles. The van der Waals surface area contributed by atoms with Crippen LogP contribution in [0.2, 0.25) is 0 Å². The second-order valence-electron chi connectivity index (χ2n) is 11.7. The molecule has 6 aromatic rings. The first-order valence-corrected chi connectivity index (χ1v) is 22.4. The van der Waals surface area contributed by atoms with E-state index in [0.29, 0.717) is 55.0 Å². The molecule has 23 heteroatoms. The molecule has 0 unspecified atom stereocenters. The standard InChI is InChI=1S/C32H30N8O10S5/c1-17-27(19-5-7-23(53(3,43)44)21(13-19)29-33-9-10-34-29)51-31(37-17)39-25(41)15-49-55(47,48)50-16-26(42)40-32-38-18(2)28(52-32)20-6-8-24(54(4,45)46)22(14-20)30-35-11-12-36-30/h5-14H,15-16H2,1-4H3,(H,33,34)(H,35,36)(H,37,39,41)(H,38,40,42). The van der Waals surface area contributed by atoms with Crippen LogP contribution in [0.4, 0.5) is 10.3 Å². The highest BCUT2D eigenvalue weighted by Gasteiger charge is 2.23. The van der Waals surface area contributed by atoms with E-state index in [0.717, 1.165) is 35.2 Å². The van der Waals surface area contributed by atoms with Gasteiger partial charge >= 0.3 is 10.4 Å². The van der Waals surface area contributed by atoms with Crippen LogP contribution >= 0.6 is 22.7 Å². The van der Waals surface area contributed by atoms with E-state index in [1.54, 1.807) is 50.5 Å². The minimum absolute atomic E-state index is 0.0732. The highest BCUT2D eigenvalue weighted by atomic mass is 32.3. The molecule has 2 amide bonds. The molecule has 6 rings (SSSR count). The van der Waals surface area contributed by atoms with E-state index < -0.39 is 55.1 Å². The van der Waals surface area contributed by atoms with Gasteiger partial charge in [0.05, 0.1) is 30.9 Å². The lowest BCUT2D eigenvalue weighted by atomic mass is 10.1. The Morgan fingerprint density at radius 2 is 1.07 bits per heavy atom. The molecule has 0 aliphatic heterocycles. The molecule has 0 saturated carbocycles. The molecule has 0 atom stereocenters. The quantitative estimate of drug-likeness (QED) is 0.121. The molecule has 0 aliphatic rings. The van der Waals surface area contributed by atoms with Crippen molar-refractivity contribution in [2.45, 2.75) is 23.6 Å². The fourth-order valence-electron chi connectivity index (χ4n) is 5.22. The Morgan fingerprint density at radius 3 is 1.42 bits per heavy atom. The van der Waals surface area contributed by atoms with E-state index in [-0.39, 0.29) is 20.1 Å². The number of aryl methyl sites for hydroxylation is 2. The molecule has 4 aromatic heterocycles. The number of sulfone groups is 2. The summed E-state index contributed by atoms with van der Waals surface area (Å²) in [6.45, 7) is 1.39. The maximum atomic E-state index is 12.6. The Hall–Kier alpha value is -5.17. The third kappa shape index (κ3) is 9.38. The lowest BCUT2D eigenvalue weighted by Gasteiger charge is -2.08. The van der Waals surface area contributed by atoms with Crippen molar-refractivity contribution in [1.29, 1.82) is 0 Å². The number of thiazole rings is 2. The highest BCUT2D eigenvalue weighted by Crippen LogP contribution is 2.38. The molecule has 0 radical (unpaired) electrons. The number of imidazole rings is 2. The maximum Gasteiger partial charge on any atom is 0.400 e. The molecule has 4 N–H and O–H groups in total. The molecule has 4 heterocycles. The topological polar surface area (TPSA) is 262 Å². The second kappa shape index (κ2) is 15.5. The first kappa shape index (κ1) is 39.5. The van der Waals surface area contributed by atoms with Crippen LogP contribution in [-0.4, -0.2) is 92.7 Å². The number of hydrogen-bond acceptors (Lipinski definition) is 16. The molecule has 0 bridgehead atoms. The van der Waals surface area contributed by atoms with Crippen molar-refractivity contribution in [2.24, 2.45) is 0 Å². The highest BCUT2D eigenvalue weighted by molar-refractivity contribution is 7.91. The molecule has 18 nitrogen and oxygen atoms in total. The molecule has 0 spiro atoms. The Kier molecular flexibility index (Phi) is 11.2. The summed E-state index contributed by atoms with van der Waals surface area (Å²) in [7, 11) is -12.0. The van der Waals surface area contributed by atoms with Gasteiger partial charge < -0.3 is 9.97 Å². The van der Waals surface area contributed by atoms with Crippen molar-refractivity contribution in [3.63, 3.8) is 0 Å². The zero-order valence-corrected chi connectivity index (χ0v) is 33.2. The minimum Gasteiger partial charge on any atom is -0.345 e. The van der Waals surface area contributed by atoms with Gasteiger partial charge in [-0.15, -0.1) is 0 Å². The monoisotopic (exact) mass is 846 g/mol. The number of anilines is 2. The van der Waals surface area contributed by atoms with Crippen LogP contribution in [0.25, 0.3) is 43.7 Å². The van der Waals surface area contributed by atoms with Crippen LogP contribution < -0.4 is 10.6 Å². The number of nitrogens with zero attached hydrogens (tertiary/aromatic N) is 4. The van der Waals surface area contributed by atoms with Crippen molar-refractivity contribution < 1.29 is 43.2 Å². The molecule has 288 valence electrons. The minimum atomic E-state index is -4.80. The zero-order chi connectivity index (χ0) is 39.7. The van der Waals surface area contributed by atoms with Crippen molar-refractivity contribution in [3.05, 3.63) is 72.6 Å². The SMILES string of the molecule is Cc1nc(NC(=O)COS(=O)(=O)OCC(=O)Nc2nc(C)c(-c3ccc(S(C)(=O)=O)c(-c4ncc[nH]4)c3)s2)sc1-c1ccc(S(C)(=O)=O)c(-c2ncc[nH]2)c1. The Balaban J connectivity index is 1.04. The van der Waals surface area contributed by atoms with E-state index in [9.17, 15) is 34.8 Å². The van der Waals surface area contributed by atoms with Crippen LogP contribution in [-0.2, 0) is 48.0 Å². The molecule has 55 heavy (non-hydrogen) atoms. The van der Waals surface area contributed by atoms with E-state index in [1.807, 2.05) is 0 Å². The second-order valence-corrected chi connectivity index (χ2v) is 19.0. The van der Waals surface area contributed by atoms with Gasteiger partial charge in [0.15, 0.2) is 29.9 Å². The first-order chi connectivity index (χ1) is 25.9. The number of aromatic amines is 2. The molecule has 0 saturated heterocycles. The Bertz CT molecular complexity index is 2560. The summed E-state index contributed by atoms with van der Waals surface area (Å²) < 4.78 is 83.6. The Morgan fingerprint density at radius 1 is 0.673 bits per heavy atom. The number of carbonyl (C=O) groups excluding carboxylic acids is 2. The smallest absolute Gasteiger partial charge is 0.345 e. The first-order valence-electron chi connectivity index (χ1n) is 15.6. The summed E-state index contributed by atoms with van der Waals surface area (Å²) in [5.74, 6) is -1.07. The molecular weight excluding hydrogens is 817 g/mol. The van der Waals surface area contributed by atoms with Gasteiger partial charge in [-0.25, -0.2) is 45.1 Å². The van der Waals surface area contributed by atoms with E-state index in [4.69, 9.17) is 0 Å². The molecular formula is C32H30N8O10S5. The number of rotatable bonds is 14. The van der Waals surface area contributed by atoms with Crippen LogP contribution in [0.3, 0.4) is 0 Å². The van der Waals surface area contributed by atoms with Gasteiger partial charge in [-0.05, 0) is 49.2 Å². The fourth-order valence-corrected chi connectivity index (χ4v) is 9.49. The summed E-state index contributed by atoms with van der Waals surface area (Å²) in [6, 6.07) is 9.39. The van der Waals surface area contributed by atoms with Gasteiger partial charge in [0.1, 0.15) is 24.9 Å². The van der Waals surface area contributed by atoms with E-state index in [1.165, 1.54) is 24.5 Å². The summed E-state index contributed by atoms with van der Waals surface area (Å²) in [5, 5.41) is 5.14. The van der Waals surface area contributed by atoms with Gasteiger partial charge in [0, 0.05) is 48.4 Å². The number of nitrogens with one attached hydrogen (secondary N) is 4. The zero-order valence-electron chi connectivity index (χ0n) is 29.1. The lowest BCUT2D eigenvalue weighted by molar-refractivity contribution is -0.118. The predicted molar refractivity (Wildman–Crippen MR) is 204 cm³/mol. The van der Waals surface area contributed by atoms with Crippen LogP contribution in [0.5, 0.6) is 0 Å².